The van der Waals surface area contributed by atoms with Gasteiger partial charge in [-0.2, -0.15) is 0 Å². The highest BCUT2D eigenvalue weighted by Crippen LogP contribution is 2.34. The second-order valence-corrected chi connectivity index (χ2v) is 10.4. The summed E-state index contributed by atoms with van der Waals surface area (Å²) in [5.74, 6) is 0.377. The summed E-state index contributed by atoms with van der Waals surface area (Å²) < 4.78 is 5.52. The molecule has 1 fully saturated rings. The average molecular weight is 519 g/mol. The smallest absolute Gasteiger partial charge is 0.410 e. The van der Waals surface area contributed by atoms with Crippen LogP contribution in [0.3, 0.4) is 0 Å². The Bertz CT molecular complexity index is 1190. The normalized spacial score (nSPS) is 15.6. The second kappa shape index (κ2) is 11.9. The van der Waals surface area contributed by atoms with Gasteiger partial charge in [-0.3, -0.25) is 10.1 Å². The van der Waals surface area contributed by atoms with Crippen LogP contribution in [-0.4, -0.2) is 50.6 Å². The molecule has 3 aromatic rings. The van der Waals surface area contributed by atoms with Crippen LogP contribution in [0.5, 0.6) is 0 Å². The first-order chi connectivity index (χ1) is 18.2. The van der Waals surface area contributed by atoms with Gasteiger partial charge in [0.1, 0.15) is 11.9 Å². The molecule has 0 saturated carbocycles. The van der Waals surface area contributed by atoms with Crippen molar-refractivity contribution in [3.05, 3.63) is 88.2 Å². The predicted molar refractivity (Wildman–Crippen MR) is 146 cm³/mol. The molecule has 1 amide bonds. The summed E-state index contributed by atoms with van der Waals surface area (Å²) in [5.41, 5.74) is 1.23. The quantitative estimate of drug-likeness (QED) is 0.311. The number of nitrogens with one attached hydrogen (secondary N) is 1. The van der Waals surface area contributed by atoms with Gasteiger partial charge in [0.2, 0.25) is 11.6 Å². The van der Waals surface area contributed by atoms with Gasteiger partial charge in [-0.25, -0.2) is 14.8 Å². The fraction of sp³-hybridized carbons (Fsp3) is 0.393. The van der Waals surface area contributed by atoms with Crippen molar-refractivity contribution in [3.8, 4) is 0 Å². The number of hydrogen-bond acceptors (Lipinski definition) is 8. The minimum Gasteiger partial charge on any atom is -0.444 e. The summed E-state index contributed by atoms with van der Waals surface area (Å²) >= 11 is 0. The lowest BCUT2D eigenvalue weighted by Crippen LogP contribution is -2.47. The summed E-state index contributed by atoms with van der Waals surface area (Å²) in [5, 5.41) is 15.6. The van der Waals surface area contributed by atoms with Crippen molar-refractivity contribution in [2.45, 2.75) is 58.3 Å². The Balaban J connectivity index is 1.61. The standard InChI is InChI=1S/C28H34N6O4/c1-28(2,3)38-27(35)32-16-10-15-23(19-32)31-25-24(34(36)37)26(30-20-29-25)33(17-21-11-6-4-7-12-21)18-22-13-8-5-9-14-22/h4-9,11-14,20,23H,10,15-19H2,1-3H3,(H,29,30,31)/t23-/m1/s1. The SMILES string of the molecule is CC(C)(C)OC(=O)N1CCC[C@@H](Nc2ncnc(N(Cc3ccccc3)Cc3ccccc3)c2[N+](=O)[O-])C1. The Hall–Kier alpha value is -4.21. The molecule has 0 spiro atoms. The third kappa shape index (κ3) is 7.18. The zero-order valence-electron chi connectivity index (χ0n) is 22.0. The van der Waals surface area contributed by atoms with E-state index in [0.717, 1.165) is 24.0 Å². The van der Waals surface area contributed by atoms with Crippen molar-refractivity contribution in [1.29, 1.82) is 0 Å². The topological polar surface area (TPSA) is 114 Å². The number of hydrogen-bond donors (Lipinski definition) is 1. The van der Waals surface area contributed by atoms with Crippen LogP contribution in [0.25, 0.3) is 0 Å². The molecule has 200 valence electrons. The fourth-order valence-electron chi connectivity index (χ4n) is 4.47. The lowest BCUT2D eigenvalue weighted by atomic mass is 10.1. The number of carbonyl (C=O) groups is 1. The maximum atomic E-state index is 12.6. The van der Waals surface area contributed by atoms with Gasteiger partial charge in [0.05, 0.1) is 4.92 Å². The highest BCUT2D eigenvalue weighted by Gasteiger charge is 2.32. The first-order valence-corrected chi connectivity index (χ1v) is 12.8. The van der Waals surface area contributed by atoms with E-state index in [4.69, 9.17) is 4.74 Å². The van der Waals surface area contributed by atoms with Gasteiger partial charge in [0.25, 0.3) is 0 Å². The van der Waals surface area contributed by atoms with Crippen molar-refractivity contribution in [2.24, 2.45) is 0 Å². The van der Waals surface area contributed by atoms with Crippen LogP contribution in [-0.2, 0) is 17.8 Å². The van der Waals surface area contributed by atoms with Gasteiger partial charge in [0, 0.05) is 32.2 Å². The first kappa shape index (κ1) is 26.8. The lowest BCUT2D eigenvalue weighted by molar-refractivity contribution is -0.383. The number of likely N-dealkylation sites (tertiary alicyclic amines) is 1. The van der Waals surface area contributed by atoms with E-state index >= 15 is 0 Å². The summed E-state index contributed by atoms with van der Waals surface area (Å²) in [6.07, 6.45) is 2.45. The largest absolute Gasteiger partial charge is 0.444 e. The summed E-state index contributed by atoms with van der Waals surface area (Å²) in [4.78, 5) is 36.7. The fourth-order valence-corrected chi connectivity index (χ4v) is 4.47. The first-order valence-electron chi connectivity index (χ1n) is 12.8. The molecule has 1 N–H and O–H groups in total. The summed E-state index contributed by atoms with van der Waals surface area (Å²) in [6.45, 7) is 7.29. The maximum absolute atomic E-state index is 12.6. The van der Waals surface area contributed by atoms with E-state index in [1.54, 1.807) is 4.90 Å². The van der Waals surface area contributed by atoms with Crippen molar-refractivity contribution in [1.82, 2.24) is 14.9 Å². The van der Waals surface area contributed by atoms with Crippen LogP contribution >= 0.6 is 0 Å². The highest BCUT2D eigenvalue weighted by molar-refractivity contribution is 5.71. The maximum Gasteiger partial charge on any atom is 0.410 e. The van der Waals surface area contributed by atoms with Crippen LogP contribution in [0, 0.1) is 10.1 Å². The molecule has 1 aliphatic heterocycles. The van der Waals surface area contributed by atoms with Gasteiger partial charge >= 0.3 is 11.8 Å². The van der Waals surface area contributed by atoms with Gasteiger partial charge in [0.15, 0.2) is 0 Å². The Morgan fingerprint density at radius 2 is 1.68 bits per heavy atom. The minimum atomic E-state index is -0.598. The van der Waals surface area contributed by atoms with Gasteiger partial charge in [-0.15, -0.1) is 0 Å². The molecule has 2 heterocycles. The van der Waals surface area contributed by atoms with Crippen molar-refractivity contribution in [3.63, 3.8) is 0 Å². The third-order valence-electron chi connectivity index (χ3n) is 6.13. The number of carbonyl (C=O) groups excluding carboxylic acids is 1. The van der Waals surface area contributed by atoms with Crippen LogP contribution in [0.1, 0.15) is 44.7 Å². The molecular formula is C28H34N6O4. The molecule has 1 aliphatic rings. The molecule has 4 rings (SSSR count). The molecule has 0 bridgehead atoms. The van der Waals surface area contributed by atoms with E-state index in [1.807, 2.05) is 86.3 Å². The van der Waals surface area contributed by atoms with Gasteiger partial charge < -0.3 is 19.9 Å². The van der Waals surface area contributed by atoms with E-state index in [1.165, 1.54) is 6.33 Å². The molecule has 1 aromatic heterocycles. The lowest BCUT2D eigenvalue weighted by Gasteiger charge is -2.34. The number of aromatic nitrogens is 2. The van der Waals surface area contributed by atoms with E-state index in [-0.39, 0.29) is 23.4 Å². The second-order valence-electron chi connectivity index (χ2n) is 10.4. The number of ether oxygens (including phenoxy) is 1. The van der Waals surface area contributed by atoms with Crippen molar-refractivity contribution >= 4 is 23.4 Å². The molecule has 0 unspecified atom stereocenters. The highest BCUT2D eigenvalue weighted by atomic mass is 16.6. The predicted octanol–water partition coefficient (Wildman–Crippen LogP) is 5.40. The zero-order valence-corrected chi connectivity index (χ0v) is 22.0. The number of benzene rings is 2. The zero-order chi connectivity index (χ0) is 27.1. The summed E-state index contributed by atoms with van der Waals surface area (Å²) in [7, 11) is 0. The van der Waals surface area contributed by atoms with E-state index < -0.39 is 16.6 Å². The Morgan fingerprint density at radius 3 is 2.24 bits per heavy atom. The monoisotopic (exact) mass is 518 g/mol. The number of anilines is 2. The van der Waals surface area contributed by atoms with Crippen LogP contribution in [0.15, 0.2) is 67.0 Å². The molecule has 10 heteroatoms. The van der Waals surface area contributed by atoms with E-state index in [2.05, 4.69) is 15.3 Å². The molecular weight excluding hydrogens is 484 g/mol. The Labute approximate surface area is 222 Å². The van der Waals surface area contributed by atoms with Gasteiger partial charge in [-0.05, 0) is 44.7 Å². The van der Waals surface area contributed by atoms with Gasteiger partial charge in [-0.1, -0.05) is 60.7 Å². The molecule has 1 saturated heterocycles. The van der Waals surface area contributed by atoms with Crippen LogP contribution in [0.4, 0.5) is 22.1 Å². The van der Waals surface area contributed by atoms with E-state index in [0.29, 0.717) is 26.2 Å². The van der Waals surface area contributed by atoms with Crippen LogP contribution < -0.4 is 10.2 Å². The molecule has 10 nitrogen and oxygen atoms in total. The van der Waals surface area contributed by atoms with Crippen LogP contribution in [0.2, 0.25) is 0 Å². The molecule has 38 heavy (non-hydrogen) atoms. The Kier molecular flexibility index (Phi) is 8.40. The number of nitro groups is 1. The Morgan fingerprint density at radius 1 is 1.08 bits per heavy atom. The number of rotatable bonds is 8. The van der Waals surface area contributed by atoms with Crippen molar-refractivity contribution in [2.75, 3.05) is 23.3 Å². The third-order valence-corrected chi connectivity index (χ3v) is 6.13. The number of piperidine rings is 1. The average Bonchev–Trinajstić information content (AvgIpc) is 2.88. The molecule has 1 atom stereocenters. The number of amides is 1. The molecule has 0 aliphatic carbocycles. The summed E-state index contributed by atoms with van der Waals surface area (Å²) in [6, 6.07) is 19.4. The minimum absolute atomic E-state index is 0.141. The molecule has 0 radical (unpaired) electrons. The molecule has 2 aromatic carbocycles. The van der Waals surface area contributed by atoms with E-state index in [9.17, 15) is 14.9 Å². The van der Waals surface area contributed by atoms with Crippen molar-refractivity contribution < 1.29 is 14.5 Å². The number of nitrogens with zero attached hydrogens (tertiary/aromatic N) is 5.